The third-order valence-electron chi connectivity index (χ3n) is 3.90. The minimum Gasteiger partial charge on any atom is -0.480 e. The van der Waals surface area contributed by atoms with Gasteiger partial charge in [-0.2, -0.15) is 5.10 Å². The monoisotopic (exact) mass is 265 g/mol. The molecule has 5 nitrogen and oxygen atoms in total. The van der Waals surface area contributed by atoms with Crippen molar-refractivity contribution in [3.63, 3.8) is 0 Å². The molecular formula is C14H23N3O2. The fourth-order valence-corrected chi connectivity index (χ4v) is 2.99. The van der Waals surface area contributed by atoms with Crippen LogP contribution in [-0.2, 0) is 11.3 Å². The van der Waals surface area contributed by atoms with Gasteiger partial charge in [-0.3, -0.25) is 14.4 Å². The molecule has 1 aliphatic rings. The number of carbonyl (C=O) groups is 1. The zero-order valence-corrected chi connectivity index (χ0v) is 11.9. The number of piperidine rings is 1. The summed E-state index contributed by atoms with van der Waals surface area (Å²) in [4.78, 5) is 13.5. The van der Waals surface area contributed by atoms with Gasteiger partial charge in [0.05, 0.1) is 5.69 Å². The molecule has 2 heterocycles. The van der Waals surface area contributed by atoms with Gasteiger partial charge in [-0.1, -0.05) is 6.92 Å². The minimum absolute atomic E-state index is 0.210. The van der Waals surface area contributed by atoms with Crippen molar-refractivity contribution in [1.82, 2.24) is 14.7 Å². The molecule has 2 rings (SSSR count). The first-order valence-electron chi connectivity index (χ1n) is 7.00. The van der Waals surface area contributed by atoms with E-state index < -0.39 is 5.97 Å². The van der Waals surface area contributed by atoms with Crippen molar-refractivity contribution in [2.24, 2.45) is 5.92 Å². The Hall–Kier alpha value is -1.36. The predicted octanol–water partition coefficient (Wildman–Crippen LogP) is 2.15. The molecule has 0 saturated carbocycles. The molecule has 5 heteroatoms. The van der Waals surface area contributed by atoms with Gasteiger partial charge in [-0.15, -0.1) is 0 Å². The van der Waals surface area contributed by atoms with Gasteiger partial charge in [0.25, 0.3) is 0 Å². The van der Waals surface area contributed by atoms with Crippen LogP contribution < -0.4 is 0 Å². The lowest BCUT2D eigenvalue weighted by molar-refractivity contribution is -0.147. The lowest BCUT2D eigenvalue weighted by atomic mass is 9.90. The molecule has 0 radical (unpaired) electrons. The summed E-state index contributed by atoms with van der Waals surface area (Å²) in [5.74, 6) is -0.496. The summed E-state index contributed by atoms with van der Waals surface area (Å²) >= 11 is 0. The summed E-state index contributed by atoms with van der Waals surface area (Å²) in [5.41, 5.74) is 1.09. The van der Waals surface area contributed by atoms with Crippen molar-refractivity contribution >= 4 is 5.97 Å². The van der Waals surface area contributed by atoms with E-state index in [1.807, 2.05) is 17.7 Å². The van der Waals surface area contributed by atoms with Crippen molar-refractivity contribution in [2.75, 3.05) is 6.54 Å². The molecule has 0 amide bonds. The van der Waals surface area contributed by atoms with E-state index in [2.05, 4.69) is 23.8 Å². The lowest BCUT2D eigenvalue weighted by Gasteiger charge is -2.37. The van der Waals surface area contributed by atoms with E-state index in [1.165, 1.54) is 0 Å². The molecule has 19 heavy (non-hydrogen) atoms. The molecule has 1 N–H and O–H groups in total. The molecule has 0 spiro atoms. The Morgan fingerprint density at radius 1 is 1.58 bits per heavy atom. The maximum atomic E-state index is 11.5. The number of nitrogens with zero attached hydrogens (tertiary/aromatic N) is 3. The van der Waals surface area contributed by atoms with E-state index in [0.717, 1.165) is 25.1 Å². The molecule has 0 aliphatic carbocycles. The average Bonchev–Trinajstić information content (AvgIpc) is 2.76. The summed E-state index contributed by atoms with van der Waals surface area (Å²) < 4.78 is 1.97. The third kappa shape index (κ3) is 2.97. The smallest absolute Gasteiger partial charge is 0.321 e. The van der Waals surface area contributed by atoms with Gasteiger partial charge < -0.3 is 5.11 Å². The number of aromatic nitrogens is 2. The van der Waals surface area contributed by atoms with Crippen molar-refractivity contribution in [3.05, 3.63) is 18.0 Å². The number of hydrogen-bond acceptors (Lipinski definition) is 3. The van der Waals surface area contributed by atoms with Gasteiger partial charge in [-0.25, -0.2) is 0 Å². The fraction of sp³-hybridized carbons (Fsp3) is 0.714. The molecule has 2 atom stereocenters. The molecule has 106 valence electrons. The zero-order chi connectivity index (χ0) is 14.0. The average molecular weight is 265 g/mol. The second-order valence-electron chi connectivity index (χ2n) is 5.73. The molecule has 0 aromatic carbocycles. The van der Waals surface area contributed by atoms with Crippen molar-refractivity contribution in [3.8, 4) is 0 Å². The fourth-order valence-electron chi connectivity index (χ4n) is 2.99. The number of likely N-dealkylation sites (tertiary alicyclic amines) is 1. The van der Waals surface area contributed by atoms with E-state index in [9.17, 15) is 9.90 Å². The molecule has 2 unspecified atom stereocenters. The van der Waals surface area contributed by atoms with Gasteiger partial charge in [-0.05, 0) is 45.2 Å². The van der Waals surface area contributed by atoms with Crippen LogP contribution in [0.4, 0.5) is 0 Å². The number of rotatable bonds is 4. The summed E-state index contributed by atoms with van der Waals surface area (Å²) in [7, 11) is 0. The van der Waals surface area contributed by atoms with E-state index in [-0.39, 0.29) is 12.0 Å². The number of hydrogen-bond donors (Lipinski definition) is 1. The van der Waals surface area contributed by atoms with Crippen LogP contribution in [0.5, 0.6) is 0 Å². The van der Waals surface area contributed by atoms with Crippen LogP contribution in [-0.4, -0.2) is 38.3 Å². The Labute approximate surface area is 114 Å². The summed E-state index contributed by atoms with van der Waals surface area (Å²) in [5, 5.41) is 13.7. The normalized spacial score (nSPS) is 24.8. The van der Waals surface area contributed by atoms with Gasteiger partial charge in [0.15, 0.2) is 0 Å². The first kappa shape index (κ1) is 14.1. The highest BCUT2D eigenvalue weighted by Crippen LogP contribution is 2.25. The minimum atomic E-state index is -0.706. The second-order valence-corrected chi connectivity index (χ2v) is 5.73. The maximum Gasteiger partial charge on any atom is 0.321 e. The third-order valence-corrected chi connectivity index (χ3v) is 3.90. The van der Waals surface area contributed by atoms with Crippen molar-refractivity contribution < 1.29 is 9.90 Å². The highest BCUT2D eigenvalue weighted by atomic mass is 16.4. The van der Waals surface area contributed by atoms with E-state index >= 15 is 0 Å². The van der Waals surface area contributed by atoms with Crippen LogP contribution in [0, 0.1) is 5.92 Å². The van der Waals surface area contributed by atoms with E-state index in [0.29, 0.717) is 12.6 Å². The summed E-state index contributed by atoms with van der Waals surface area (Å²) in [6.07, 6.45) is 3.86. The maximum absolute atomic E-state index is 11.5. The molecule has 1 aromatic heterocycles. The number of carboxylic acid groups (broad SMARTS) is 1. The Balaban J connectivity index is 2.16. The van der Waals surface area contributed by atoms with Gasteiger partial charge in [0.2, 0.25) is 0 Å². The van der Waals surface area contributed by atoms with Crippen molar-refractivity contribution in [1.29, 1.82) is 0 Å². The van der Waals surface area contributed by atoms with Gasteiger partial charge >= 0.3 is 5.97 Å². The standard InChI is InChI=1S/C14H23N3O2/c1-10(2)17-12(6-7-15-17)9-16-8-4-5-11(3)13(16)14(18)19/h6-7,10-11,13H,4-5,8-9H2,1-3H3,(H,18,19). The Morgan fingerprint density at radius 2 is 2.32 bits per heavy atom. The predicted molar refractivity (Wildman–Crippen MR) is 72.8 cm³/mol. The second kappa shape index (κ2) is 5.74. The SMILES string of the molecule is CC1CCCN(Cc2ccnn2C(C)C)C1C(=O)O. The molecular weight excluding hydrogens is 242 g/mol. The quantitative estimate of drug-likeness (QED) is 0.906. The van der Waals surface area contributed by atoms with Gasteiger partial charge in [0.1, 0.15) is 6.04 Å². The largest absolute Gasteiger partial charge is 0.480 e. The lowest BCUT2D eigenvalue weighted by Crippen LogP contribution is -2.48. The highest BCUT2D eigenvalue weighted by Gasteiger charge is 2.34. The van der Waals surface area contributed by atoms with Crippen LogP contribution in [0.25, 0.3) is 0 Å². The van der Waals surface area contributed by atoms with E-state index in [1.54, 1.807) is 6.20 Å². The van der Waals surface area contributed by atoms with Crippen LogP contribution in [0.2, 0.25) is 0 Å². The summed E-state index contributed by atoms with van der Waals surface area (Å²) in [6, 6.07) is 1.91. The molecule has 1 fully saturated rings. The summed E-state index contributed by atoms with van der Waals surface area (Å²) in [6.45, 7) is 7.72. The van der Waals surface area contributed by atoms with E-state index in [4.69, 9.17) is 0 Å². The molecule has 1 aromatic rings. The number of aliphatic carboxylic acids is 1. The zero-order valence-electron chi connectivity index (χ0n) is 11.9. The first-order chi connectivity index (χ1) is 9.00. The molecule has 1 saturated heterocycles. The Morgan fingerprint density at radius 3 is 2.95 bits per heavy atom. The van der Waals surface area contributed by atoms with Crippen LogP contribution in [0.1, 0.15) is 45.3 Å². The highest BCUT2D eigenvalue weighted by molar-refractivity contribution is 5.74. The number of carboxylic acids is 1. The van der Waals surface area contributed by atoms with Crippen LogP contribution in [0.3, 0.4) is 0 Å². The Bertz CT molecular complexity index is 442. The Kier molecular flexibility index (Phi) is 4.24. The first-order valence-corrected chi connectivity index (χ1v) is 7.00. The molecule has 0 bridgehead atoms. The topological polar surface area (TPSA) is 58.4 Å². The van der Waals surface area contributed by atoms with Crippen LogP contribution >= 0.6 is 0 Å². The molecule has 1 aliphatic heterocycles. The van der Waals surface area contributed by atoms with Crippen molar-refractivity contribution in [2.45, 2.75) is 52.2 Å². The van der Waals surface area contributed by atoms with Gasteiger partial charge in [0, 0.05) is 18.8 Å². The van der Waals surface area contributed by atoms with Crippen LogP contribution in [0.15, 0.2) is 12.3 Å².